The molecule has 4 rings (SSSR count). The first-order chi connectivity index (χ1) is 14.8. The van der Waals surface area contributed by atoms with Gasteiger partial charge in [-0.15, -0.1) is 0 Å². The SMILES string of the molecule is Cc1nc2cc(F)c(-c3ccc(P(C)C)nc3)nc2c(NCc2ncccc2F)c1Cl. The van der Waals surface area contributed by atoms with E-state index < -0.39 is 11.6 Å². The molecule has 4 heterocycles. The van der Waals surface area contributed by atoms with E-state index in [0.717, 1.165) is 5.44 Å². The lowest BCUT2D eigenvalue weighted by Gasteiger charge is -2.14. The summed E-state index contributed by atoms with van der Waals surface area (Å²) in [6.07, 6.45) is 3.13. The van der Waals surface area contributed by atoms with E-state index in [1.807, 2.05) is 12.1 Å². The summed E-state index contributed by atoms with van der Waals surface area (Å²) in [5, 5.41) is 3.44. The van der Waals surface area contributed by atoms with E-state index in [1.165, 1.54) is 24.4 Å². The van der Waals surface area contributed by atoms with Crippen molar-refractivity contribution in [2.45, 2.75) is 13.5 Å². The smallest absolute Gasteiger partial charge is 0.151 e. The summed E-state index contributed by atoms with van der Waals surface area (Å²) in [6, 6.07) is 7.88. The minimum Gasteiger partial charge on any atom is -0.376 e. The predicted octanol–water partition coefficient (Wildman–Crippen LogP) is 5.31. The second-order valence-corrected chi connectivity index (χ2v) is 9.78. The summed E-state index contributed by atoms with van der Waals surface area (Å²) >= 11 is 6.49. The van der Waals surface area contributed by atoms with Crippen molar-refractivity contribution in [2.24, 2.45) is 0 Å². The van der Waals surface area contributed by atoms with Crippen LogP contribution >= 0.6 is 19.5 Å². The highest BCUT2D eigenvalue weighted by molar-refractivity contribution is 7.63. The zero-order valence-corrected chi connectivity index (χ0v) is 18.8. The number of anilines is 1. The number of aromatic nitrogens is 4. The zero-order valence-electron chi connectivity index (χ0n) is 17.1. The second-order valence-electron chi connectivity index (χ2n) is 7.16. The van der Waals surface area contributed by atoms with Gasteiger partial charge in [0.05, 0.1) is 39.6 Å². The molecule has 0 aliphatic heterocycles. The zero-order chi connectivity index (χ0) is 22.1. The predicted molar refractivity (Wildman–Crippen MR) is 122 cm³/mol. The molecule has 0 atom stereocenters. The Kier molecular flexibility index (Phi) is 6.08. The molecule has 1 N–H and O–H groups in total. The number of fused-ring (bicyclic) bond motifs is 1. The maximum atomic E-state index is 14.9. The van der Waals surface area contributed by atoms with Crippen LogP contribution in [0.4, 0.5) is 14.5 Å². The third-order valence-corrected chi connectivity index (χ3v) is 6.41. The Balaban J connectivity index is 1.80. The van der Waals surface area contributed by atoms with Gasteiger partial charge in [0.2, 0.25) is 0 Å². The van der Waals surface area contributed by atoms with E-state index >= 15 is 0 Å². The summed E-state index contributed by atoms with van der Waals surface area (Å²) in [7, 11) is -0.355. The van der Waals surface area contributed by atoms with Crippen molar-refractivity contribution >= 4 is 41.7 Å². The summed E-state index contributed by atoms with van der Waals surface area (Å²) in [4.78, 5) is 17.4. The Labute approximate surface area is 184 Å². The minimum absolute atomic E-state index is 0.0894. The van der Waals surface area contributed by atoms with Gasteiger partial charge < -0.3 is 5.32 Å². The molecule has 0 fully saturated rings. The van der Waals surface area contributed by atoms with Crippen LogP contribution in [-0.2, 0) is 6.54 Å². The lowest BCUT2D eigenvalue weighted by Crippen LogP contribution is -2.08. The van der Waals surface area contributed by atoms with E-state index in [9.17, 15) is 8.78 Å². The first-order valence-electron chi connectivity index (χ1n) is 9.48. The number of halogens is 3. The molecular weight excluding hydrogens is 439 g/mol. The van der Waals surface area contributed by atoms with E-state index in [0.29, 0.717) is 33.0 Å². The van der Waals surface area contributed by atoms with Crippen molar-refractivity contribution in [1.82, 2.24) is 19.9 Å². The molecule has 31 heavy (non-hydrogen) atoms. The number of hydrogen-bond acceptors (Lipinski definition) is 5. The molecule has 0 aliphatic carbocycles. The minimum atomic E-state index is -0.506. The van der Waals surface area contributed by atoms with Gasteiger partial charge in [-0.05, 0) is 44.5 Å². The fourth-order valence-electron chi connectivity index (χ4n) is 3.14. The molecule has 0 spiro atoms. The molecular formula is C22H19ClF2N5P. The average molecular weight is 458 g/mol. The fourth-order valence-corrected chi connectivity index (χ4v) is 4.00. The van der Waals surface area contributed by atoms with Gasteiger partial charge in [-0.3, -0.25) is 9.97 Å². The maximum Gasteiger partial charge on any atom is 0.151 e. The van der Waals surface area contributed by atoms with Crippen molar-refractivity contribution in [3.05, 3.63) is 70.8 Å². The molecule has 0 bridgehead atoms. The number of nitrogens with one attached hydrogen (secondary N) is 1. The molecule has 0 amide bonds. The van der Waals surface area contributed by atoms with Gasteiger partial charge in [0, 0.05) is 24.0 Å². The lowest BCUT2D eigenvalue weighted by atomic mass is 10.1. The first kappa shape index (κ1) is 21.5. The molecule has 9 heteroatoms. The topological polar surface area (TPSA) is 63.6 Å². The van der Waals surface area contributed by atoms with Crippen molar-refractivity contribution in [1.29, 1.82) is 0 Å². The van der Waals surface area contributed by atoms with Gasteiger partial charge in [0.1, 0.15) is 17.0 Å². The third-order valence-electron chi connectivity index (χ3n) is 4.76. The van der Waals surface area contributed by atoms with Crippen LogP contribution in [-0.4, -0.2) is 33.3 Å². The average Bonchev–Trinajstić information content (AvgIpc) is 2.75. The summed E-state index contributed by atoms with van der Waals surface area (Å²) in [6.45, 7) is 6.01. The number of nitrogens with zero attached hydrogens (tertiary/aromatic N) is 4. The molecule has 4 aromatic rings. The highest BCUT2D eigenvalue weighted by Crippen LogP contribution is 2.34. The molecule has 0 aliphatic rings. The molecule has 0 aromatic carbocycles. The second kappa shape index (κ2) is 8.77. The maximum absolute atomic E-state index is 14.9. The van der Waals surface area contributed by atoms with Crippen LogP contribution in [0.2, 0.25) is 5.02 Å². The van der Waals surface area contributed by atoms with Crippen molar-refractivity contribution in [3.8, 4) is 11.3 Å². The van der Waals surface area contributed by atoms with Crippen molar-refractivity contribution in [2.75, 3.05) is 18.6 Å². The van der Waals surface area contributed by atoms with Gasteiger partial charge in [0.25, 0.3) is 0 Å². The molecule has 158 valence electrons. The Morgan fingerprint density at radius 1 is 1.06 bits per heavy atom. The van der Waals surface area contributed by atoms with Gasteiger partial charge in [-0.2, -0.15) is 0 Å². The quantitative estimate of drug-likeness (QED) is 0.412. The van der Waals surface area contributed by atoms with Gasteiger partial charge >= 0.3 is 0 Å². The molecule has 0 radical (unpaired) electrons. The summed E-state index contributed by atoms with van der Waals surface area (Å²) in [5.41, 5.74) is 3.61. The Morgan fingerprint density at radius 3 is 2.55 bits per heavy atom. The van der Waals surface area contributed by atoms with Crippen LogP contribution in [0.3, 0.4) is 0 Å². The lowest BCUT2D eigenvalue weighted by molar-refractivity contribution is 0.602. The Bertz CT molecular complexity index is 1270. The van der Waals surface area contributed by atoms with Crippen molar-refractivity contribution < 1.29 is 8.78 Å². The van der Waals surface area contributed by atoms with E-state index in [-0.39, 0.29) is 25.9 Å². The molecule has 0 unspecified atom stereocenters. The van der Waals surface area contributed by atoms with E-state index in [1.54, 1.807) is 13.1 Å². The van der Waals surface area contributed by atoms with Crippen LogP contribution in [0.1, 0.15) is 11.4 Å². The summed E-state index contributed by atoms with van der Waals surface area (Å²) in [5.74, 6) is -0.938. The number of rotatable bonds is 5. The molecule has 0 saturated carbocycles. The van der Waals surface area contributed by atoms with Gasteiger partial charge in [0.15, 0.2) is 5.82 Å². The largest absolute Gasteiger partial charge is 0.376 e. The summed E-state index contributed by atoms with van der Waals surface area (Å²) < 4.78 is 28.9. The van der Waals surface area contributed by atoms with Crippen LogP contribution in [0.5, 0.6) is 0 Å². The van der Waals surface area contributed by atoms with Crippen LogP contribution in [0.15, 0.2) is 42.7 Å². The first-order valence-corrected chi connectivity index (χ1v) is 12.1. The number of pyridine rings is 4. The standard InChI is InChI=1S/C22H19ClF2N5P/c1-12-19(23)22(28-11-17-14(24)5-4-8-26-17)21-16(29-12)9-15(25)20(30-21)13-6-7-18(27-10-13)31(2)3/h4-10H,11H2,1-3H3,(H,28,29). The van der Waals surface area contributed by atoms with Crippen LogP contribution in [0.25, 0.3) is 22.3 Å². The number of aryl methyl sites for hydroxylation is 1. The highest BCUT2D eigenvalue weighted by Gasteiger charge is 2.18. The third kappa shape index (κ3) is 4.34. The van der Waals surface area contributed by atoms with Gasteiger partial charge in [-0.1, -0.05) is 19.5 Å². The van der Waals surface area contributed by atoms with Crippen molar-refractivity contribution in [3.63, 3.8) is 0 Å². The van der Waals surface area contributed by atoms with Crippen LogP contribution in [0, 0.1) is 18.6 Å². The monoisotopic (exact) mass is 457 g/mol. The van der Waals surface area contributed by atoms with Gasteiger partial charge in [-0.25, -0.2) is 18.7 Å². The molecule has 4 aromatic heterocycles. The molecule has 5 nitrogen and oxygen atoms in total. The van der Waals surface area contributed by atoms with E-state index in [2.05, 4.69) is 38.6 Å². The Hall–Kier alpha value is -2.76. The highest BCUT2D eigenvalue weighted by atomic mass is 35.5. The normalized spacial score (nSPS) is 11.3. The van der Waals surface area contributed by atoms with E-state index in [4.69, 9.17) is 11.6 Å². The fraction of sp³-hybridized carbons (Fsp3) is 0.182. The molecule has 0 saturated heterocycles. The number of hydrogen-bond donors (Lipinski definition) is 1. The van der Waals surface area contributed by atoms with Crippen LogP contribution < -0.4 is 10.8 Å². The Morgan fingerprint density at radius 2 is 1.87 bits per heavy atom.